The molecule has 2 N–H and O–H groups in total. The molecule has 1 saturated heterocycles. The van der Waals surface area contributed by atoms with Crippen molar-refractivity contribution in [2.75, 3.05) is 26.7 Å². The Morgan fingerprint density at radius 2 is 1.80 bits per heavy atom. The lowest BCUT2D eigenvalue weighted by Crippen LogP contribution is -2.60. The van der Waals surface area contributed by atoms with E-state index in [-0.39, 0.29) is 23.8 Å². The van der Waals surface area contributed by atoms with Gasteiger partial charge < -0.3 is 20.3 Å². The normalized spacial score (nSPS) is 22.7. The summed E-state index contributed by atoms with van der Waals surface area (Å²) in [5.74, 6) is -0.189. The Hall–Kier alpha value is -1.83. The summed E-state index contributed by atoms with van der Waals surface area (Å²) in [5, 5.41) is 6.35. The summed E-state index contributed by atoms with van der Waals surface area (Å²) in [7, 11) is 1.55. The van der Waals surface area contributed by atoms with Gasteiger partial charge in [-0.05, 0) is 53.4 Å². The van der Waals surface area contributed by atoms with Crippen molar-refractivity contribution in [1.29, 1.82) is 0 Å². The second-order valence-corrected chi connectivity index (χ2v) is 9.79. The number of carbonyl (C=O) groups is 3. The molecule has 3 atom stereocenters. The van der Waals surface area contributed by atoms with Crippen LogP contribution in [0.15, 0.2) is 0 Å². The van der Waals surface area contributed by atoms with Crippen LogP contribution in [-0.2, 0) is 14.3 Å². The number of nitrogens with zero attached hydrogens (tertiary/aromatic N) is 2. The molecule has 2 aliphatic rings. The van der Waals surface area contributed by atoms with Gasteiger partial charge in [0.25, 0.3) is 0 Å². The SMILES string of the molecule is C[C@H]1CN(C(=O)[C@@H](NC(=O)[C@H](C)N(C)C(=O)OC(C)(C)C)C2CCCCC2)CCN1. The molecule has 0 spiro atoms. The summed E-state index contributed by atoms with van der Waals surface area (Å²) >= 11 is 0. The van der Waals surface area contributed by atoms with Crippen molar-refractivity contribution in [2.45, 2.75) is 90.4 Å². The quantitative estimate of drug-likeness (QED) is 0.706. The Bertz CT molecular complexity index is 613. The van der Waals surface area contributed by atoms with E-state index in [1.54, 1.807) is 34.7 Å². The highest BCUT2D eigenvalue weighted by atomic mass is 16.6. The van der Waals surface area contributed by atoms with Gasteiger partial charge in [0.15, 0.2) is 0 Å². The lowest BCUT2D eigenvalue weighted by Gasteiger charge is -2.38. The second kappa shape index (κ2) is 10.5. The van der Waals surface area contributed by atoms with Gasteiger partial charge in [0.1, 0.15) is 17.7 Å². The number of ether oxygens (including phenoxy) is 1. The van der Waals surface area contributed by atoms with E-state index < -0.39 is 23.8 Å². The lowest BCUT2D eigenvalue weighted by molar-refractivity contribution is -0.140. The molecule has 172 valence electrons. The Morgan fingerprint density at radius 3 is 2.37 bits per heavy atom. The molecule has 0 aromatic carbocycles. The molecule has 0 aromatic heterocycles. The highest BCUT2D eigenvalue weighted by Gasteiger charge is 2.37. The molecular formula is C22H40N4O4. The van der Waals surface area contributed by atoms with Crippen LogP contribution in [0.1, 0.15) is 66.7 Å². The second-order valence-electron chi connectivity index (χ2n) is 9.79. The molecule has 30 heavy (non-hydrogen) atoms. The summed E-state index contributed by atoms with van der Waals surface area (Å²) in [5.41, 5.74) is -0.638. The largest absolute Gasteiger partial charge is 0.444 e. The van der Waals surface area contributed by atoms with Gasteiger partial charge in [0.05, 0.1) is 0 Å². The summed E-state index contributed by atoms with van der Waals surface area (Å²) in [4.78, 5) is 41.9. The zero-order valence-electron chi connectivity index (χ0n) is 19.5. The zero-order chi connectivity index (χ0) is 22.5. The van der Waals surface area contributed by atoms with E-state index in [1.807, 2.05) is 4.90 Å². The van der Waals surface area contributed by atoms with E-state index in [4.69, 9.17) is 4.74 Å². The first-order valence-electron chi connectivity index (χ1n) is 11.3. The van der Waals surface area contributed by atoms with E-state index in [1.165, 1.54) is 11.3 Å². The fourth-order valence-electron chi connectivity index (χ4n) is 4.12. The maximum Gasteiger partial charge on any atom is 0.410 e. The maximum atomic E-state index is 13.4. The van der Waals surface area contributed by atoms with E-state index in [9.17, 15) is 14.4 Å². The van der Waals surface area contributed by atoms with Crippen LogP contribution < -0.4 is 10.6 Å². The Balaban J connectivity index is 2.09. The zero-order valence-corrected chi connectivity index (χ0v) is 19.5. The average molecular weight is 425 g/mol. The van der Waals surface area contributed by atoms with Crippen molar-refractivity contribution in [3.05, 3.63) is 0 Å². The number of hydrogen-bond donors (Lipinski definition) is 2. The Kier molecular flexibility index (Phi) is 8.52. The van der Waals surface area contributed by atoms with Gasteiger partial charge in [-0.15, -0.1) is 0 Å². The minimum atomic E-state index is -0.735. The minimum Gasteiger partial charge on any atom is -0.444 e. The fraction of sp³-hybridized carbons (Fsp3) is 0.864. The summed E-state index contributed by atoms with van der Waals surface area (Å²) in [6.07, 6.45) is 4.66. The molecule has 3 amide bonds. The molecular weight excluding hydrogens is 384 g/mol. The van der Waals surface area contributed by atoms with Gasteiger partial charge in [-0.2, -0.15) is 0 Å². The number of nitrogens with one attached hydrogen (secondary N) is 2. The van der Waals surface area contributed by atoms with Crippen molar-refractivity contribution >= 4 is 17.9 Å². The standard InChI is InChI=1S/C22H40N4O4/c1-15-14-26(13-12-23-15)20(28)18(17-10-8-7-9-11-17)24-19(27)16(2)25(6)21(29)30-22(3,4)5/h15-18,23H,7-14H2,1-6H3,(H,24,27)/t15-,16-,18-/m0/s1. The Labute approximate surface area is 181 Å². The molecule has 2 fully saturated rings. The topological polar surface area (TPSA) is 91.0 Å². The minimum absolute atomic E-state index is 0.00396. The highest BCUT2D eigenvalue weighted by molar-refractivity contribution is 5.91. The average Bonchev–Trinajstić information content (AvgIpc) is 2.69. The summed E-state index contributed by atoms with van der Waals surface area (Å²) in [6, 6.07) is -1.04. The van der Waals surface area contributed by atoms with Gasteiger partial charge in [-0.1, -0.05) is 19.3 Å². The van der Waals surface area contributed by atoms with Crippen molar-refractivity contribution in [1.82, 2.24) is 20.4 Å². The molecule has 0 aromatic rings. The smallest absolute Gasteiger partial charge is 0.410 e. The van der Waals surface area contributed by atoms with Crippen LogP contribution in [0.5, 0.6) is 0 Å². The van der Waals surface area contributed by atoms with Crippen LogP contribution in [0.25, 0.3) is 0 Å². The number of rotatable bonds is 5. The van der Waals surface area contributed by atoms with Gasteiger partial charge in [-0.25, -0.2) is 4.79 Å². The van der Waals surface area contributed by atoms with Crippen LogP contribution in [0.2, 0.25) is 0 Å². The third-order valence-corrected chi connectivity index (χ3v) is 6.01. The molecule has 1 saturated carbocycles. The highest BCUT2D eigenvalue weighted by Crippen LogP contribution is 2.28. The molecule has 1 aliphatic heterocycles. The third kappa shape index (κ3) is 6.86. The predicted octanol–water partition coefficient (Wildman–Crippen LogP) is 2.13. The van der Waals surface area contributed by atoms with Crippen LogP contribution in [-0.4, -0.2) is 78.1 Å². The van der Waals surface area contributed by atoms with Crippen molar-refractivity contribution in [3.63, 3.8) is 0 Å². The molecule has 1 aliphatic carbocycles. The van der Waals surface area contributed by atoms with Crippen LogP contribution >= 0.6 is 0 Å². The first kappa shape index (κ1) is 24.4. The number of amides is 3. The van der Waals surface area contributed by atoms with Crippen LogP contribution in [0.4, 0.5) is 4.79 Å². The van der Waals surface area contributed by atoms with Crippen LogP contribution in [0.3, 0.4) is 0 Å². The number of piperazine rings is 1. The summed E-state index contributed by atoms with van der Waals surface area (Å²) in [6.45, 7) is 11.1. The maximum absolute atomic E-state index is 13.4. The van der Waals surface area contributed by atoms with Crippen molar-refractivity contribution in [2.24, 2.45) is 5.92 Å². The van der Waals surface area contributed by atoms with Crippen molar-refractivity contribution < 1.29 is 19.1 Å². The van der Waals surface area contributed by atoms with Crippen LogP contribution in [0, 0.1) is 5.92 Å². The first-order valence-corrected chi connectivity index (χ1v) is 11.3. The molecule has 1 heterocycles. The number of carbonyl (C=O) groups excluding carboxylic acids is 3. The van der Waals surface area contributed by atoms with E-state index >= 15 is 0 Å². The van der Waals surface area contributed by atoms with E-state index in [0.29, 0.717) is 13.1 Å². The molecule has 0 unspecified atom stereocenters. The molecule has 0 bridgehead atoms. The third-order valence-electron chi connectivity index (χ3n) is 6.01. The molecule has 2 rings (SSSR count). The van der Waals surface area contributed by atoms with Gasteiger partial charge >= 0.3 is 6.09 Å². The molecule has 0 radical (unpaired) electrons. The molecule has 8 nitrogen and oxygen atoms in total. The fourth-order valence-corrected chi connectivity index (χ4v) is 4.12. The van der Waals surface area contributed by atoms with E-state index in [0.717, 1.165) is 32.2 Å². The van der Waals surface area contributed by atoms with Gasteiger partial charge in [0, 0.05) is 32.7 Å². The van der Waals surface area contributed by atoms with Gasteiger partial charge in [0.2, 0.25) is 11.8 Å². The monoisotopic (exact) mass is 424 g/mol. The Morgan fingerprint density at radius 1 is 1.17 bits per heavy atom. The van der Waals surface area contributed by atoms with Crippen molar-refractivity contribution in [3.8, 4) is 0 Å². The summed E-state index contributed by atoms with van der Waals surface area (Å²) < 4.78 is 5.37. The lowest BCUT2D eigenvalue weighted by atomic mass is 9.83. The van der Waals surface area contributed by atoms with Gasteiger partial charge in [-0.3, -0.25) is 14.5 Å². The number of likely N-dealkylation sites (N-methyl/N-ethyl adjacent to an activating group) is 1. The first-order chi connectivity index (χ1) is 14.0. The predicted molar refractivity (Wildman–Crippen MR) is 116 cm³/mol. The molecule has 8 heteroatoms. The van der Waals surface area contributed by atoms with E-state index in [2.05, 4.69) is 17.6 Å². The number of hydrogen-bond acceptors (Lipinski definition) is 5.